The number of methoxy groups -OCH3 is 2. The molecule has 0 spiro atoms. The molecule has 158 valence electrons. The van der Waals surface area contributed by atoms with Crippen molar-refractivity contribution in [3.8, 4) is 11.5 Å². The number of benzene rings is 2. The highest BCUT2D eigenvalue weighted by molar-refractivity contribution is 6.00. The Morgan fingerprint density at radius 1 is 1.10 bits per heavy atom. The third-order valence-electron chi connectivity index (χ3n) is 5.72. The molecule has 8 nitrogen and oxygen atoms in total. The van der Waals surface area contributed by atoms with E-state index < -0.39 is 5.92 Å². The Hall–Kier alpha value is -3.10. The summed E-state index contributed by atoms with van der Waals surface area (Å²) >= 11 is 0. The fourth-order valence-electron chi connectivity index (χ4n) is 4.21. The molecule has 3 unspecified atom stereocenters. The van der Waals surface area contributed by atoms with Gasteiger partial charge in [-0.1, -0.05) is 18.2 Å². The molecule has 2 N–H and O–H groups in total. The molecule has 0 saturated carbocycles. The molecule has 3 atom stereocenters. The van der Waals surface area contributed by atoms with E-state index in [9.17, 15) is 9.59 Å². The van der Waals surface area contributed by atoms with Crippen LogP contribution in [-0.2, 0) is 9.59 Å². The maximum atomic E-state index is 13.3. The van der Waals surface area contributed by atoms with Gasteiger partial charge in [-0.2, -0.15) is 0 Å². The monoisotopic (exact) mass is 410 g/mol. The molecule has 0 radical (unpaired) electrons. The van der Waals surface area contributed by atoms with Gasteiger partial charge in [0.2, 0.25) is 11.8 Å². The Morgan fingerprint density at radius 2 is 1.87 bits per heavy atom. The van der Waals surface area contributed by atoms with Crippen molar-refractivity contribution < 1.29 is 19.1 Å². The van der Waals surface area contributed by atoms with Crippen molar-refractivity contribution in [2.45, 2.75) is 6.04 Å². The minimum absolute atomic E-state index is 0.0190. The number of hydrazine groups is 1. The van der Waals surface area contributed by atoms with Crippen LogP contribution in [0.15, 0.2) is 48.5 Å². The summed E-state index contributed by atoms with van der Waals surface area (Å²) in [5, 5.41) is 4.54. The lowest BCUT2D eigenvalue weighted by atomic mass is 9.84. The fourth-order valence-corrected chi connectivity index (χ4v) is 4.21. The number of piperidine rings is 1. The summed E-state index contributed by atoms with van der Waals surface area (Å²) in [7, 11) is 5.05. The second-order valence-electron chi connectivity index (χ2n) is 7.65. The number of carbonyl (C=O) groups excluding carboxylic acids is 2. The zero-order valence-electron chi connectivity index (χ0n) is 17.3. The first-order valence-corrected chi connectivity index (χ1v) is 9.88. The van der Waals surface area contributed by atoms with Crippen molar-refractivity contribution in [3.05, 3.63) is 48.5 Å². The Labute approximate surface area is 175 Å². The maximum absolute atomic E-state index is 13.3. The van der Waals surface area contributed by atoms with Gasteiger partial charge in [0.1, 0.15) is 11.5 Å². The number of rotatable bonds is 5. The largest absolute Gasteiger partial charge is 0.497 e. The average molecular weight is 410 g/mol. The van der Waals surface area contributed by atoms with E-state index in [1.54, 1.807) is 37.4 Å². The third kappa shape index (κ3) is 3.71. The molecule has 30 heavy (non-hydrogen) atoms. The summed E-state index contributed by atoms with van der Waals surface area (Å²) < 4.78 is 10.6. The molecule has 4 rings (SSSR count). The molecule has 2 fully saturated rings. The SMILES string of the molecule is COc1ccc(OC)c(NC(=O)C2CN(C)CC3C(=O)N(c4ccccc4)NC23)c1. The third-order valence-corrected chi connectivity index (χ3v) is 5.72. The summed E-state index contributed by atoms with van der Waals surface area (Å²) in [6.07, 6.45) is 0. The first-order valence-electron chi connectivity index (χ1n) is 9.88. The van der Waals surface area contributed by atoms with Crippen LogP contribution in [0, 0.1) is 11.8 Å². The minimum Gasteiger partial charge on any atom is -0.497 e. The maximum Gasteiger partial charge on any atom is 0.247 e. The van der Waals surface area contributed by atoms with Gasteiger partial charge in [0.25, 0.3) is 0 Å². The van der Waals surface area contributed by atoms with Crippen LogP contribution >= 0.6 is 0 Å². The second kappa shape index (κ2) is 8.33. The molecule has 2 heterocycles. The molecule has 0 bridgehead atoms. The van der Waals surface area contributed by atoms with Crippen molar-refractivity contribution in [2.24, 2.45) is 11.8 Å². The number of hydrogen-bond donors (Lipinski definition) is 2. The van der Waals surface area contributed by atoms with Gasteiger partial charge >= 0.3 is 0 Å². The summed E-state index contributed by atoms with van der Waals surface area (Å²) in [6, 6.07) is 14.4. The van der Waals surface area contributed by atoms with Crippen LogP contribution in [0.3, 0.4) is 0 Å². The Morgan fingerprint density at radius 3 is 2.57 bits per heavy atom. The summed E-state index contributed by atoms with van der Waals surface area (Å²) in [6.45, 7) is 1.15. The number of anilines is 2. The highest BCUT2D eigenvalue weighted by atomic mass is 16.5. The lowest BCUT2D eigenvalue weighted by Crippen LogP contribution is -2.55. The Bertz CT molecular complexity index is 936. The smallest absolute Gasteiger partial charge is 0.247 e. The lowest BCUT2D eigenvalue weighted by Gasteiger charge is -2.36. The predicted octanol–water partition coefficient (Wildman–Crippen LogP) is 1.74. The predicted molar refractivity (Wildman–Crippen MR) is 114 cm³/mol. The van der Waals surface area contributed by atoms with Gasteiger partial charge in [0.05, 0.1) is 43.5 Å². The highest BCUT2D eigenvalue weighted by Gasteiger charge is 2.50. The van der Waals surface area contributed by atoms with E-state index in [0.29, 0.717) is 30.3 Å². The molecule has 2 aromatic rings. The zero-order chi connectivity index (χ0) is 21.3. The first kappa shape index (κ1) is 20.2. The van der Waals surface area contributed by atoms with Crippen LogP contribution in [-0.4, -0.2) is 57.1 Å². The van der Waals surface area contributed by atoms with Crippen LogP contribution < -0.4 is 25.2 Å². The Balaban J connectivity index is 1.58. The van der Waals surface area contributed by atoms with Gasteiger partial charge in [-0.15, -0.1) is 0 Å². The van der Waals surface area contributed by atoms with Gasteiger partial charge in [0, 0.05) is 19.2 Å². The molecule has 2 aliphatic heterocycles. The van der Waals surface area contributed by atoms with Gasteiger partial charge in [-0.3, -0.25) is 9.59 Å². The molecule has 0 aromatic heterocycles. The van der Waals surface area contributed by atoms with E-state index in [4.69, 9.17) is 9.47 Å². The van der Waals surface area contributed by atoms with Crippen molar-refractivity contribution in [1.82, 2.24) is 10.3 Å². The van der Waals surface area contributed by atoms with E-state index in [2.05, 4.69) is 10.7 Å². The summed E-state index contributed by atoms with van der Waals surface area (Å²) in [5.74, 6) is 0.266. The molecule has 2 amide bonds. The first-order chi connectivity index (χ1) is 14.5. The van der Waals surface area contributed by atoms with Crippen molar-refractivity contribution in [2.75, 3.05) is 44.7 Å². The molecule has 8 heteroatoms. The highest BCUT2D eigenvalue weighted by Crippen LogP contribution is 2.34. The number of carbonyl (C=O) groups is 2. The van der Waals surface area contributed by atoms with E-state index in [-0.39, 0.29) is 23.8 Å². The second-order valence-corrected chi connectivity index (χ2v) is 7.65. The Kier molecular flexibility index (Phi) is 5.61. The lowest BCUT2D eigenvalue weighted by molar-refractivity contribution is -0.125. The van der Waals surface area contributed by atoms with E-state index in [1.807, 2.05) is 42.3 Å². The van der Waals surface area contributed by atoms with Gasteiger partial charge in [-0.25, -0.2) is 10.4 Å². The number of nitrogens with zero attached hydrogens (tertiary/aromatic N) is 2. The van der Waals surface area contributed by atoms with E-state index >= 15 is 0 Å². The fraction of sp³-hybridized carbons (Fsp3) is 0.364. The molecular weight excluding hydrogens is 384 g/mol. The number of para-hydroxylation sites is 1. The summed E-state index contributed by atoms with van der Waals surface area (Å²) in [5.41, 5.74) is 4.60. The minimum atomic E-state index is -0.415. The number of nitrogens with one attached hydrogen (secondary N) is 2. The number of ether oxygens (including phenoxy) is 2. The van der Waals surface area contributed by atoms with Crippen molar-refractivity contribution in [1.29, 1.82) is 0 Å². The van der Waals surface area contributed by atoms with Crippen molar-refractivity contribution in [3.63, 3.8) is 0 Å². The zero-order valence-corrected chi connectivity index (χ0v) is 17.3. The molecule has 2 aliphatic rings. The van der Waals surface area contributed by atoms with Crippen LogP contribution in [0.2, 0.25) is 0 Å². The van der Waals surface area contributed by atoms with Gasteiger partial charge in [0.15, 0.2) is 0 Å². The van der Waals surface area contributed by atoms with E-state index in [1.165, 1.54) is 0 Å². The standard InChI is InChI=1S/C22H26N4O4/c1-25-12-16(21(27)23-18-11-15(29-2)9-10-19(18)30-3)20-17(13-25)22(28)26(24-20)14-7-5-4-6-8-14/h4-11,16-17,20,24H,12-13H2,1-3H3,(H,23,27). The number of likely N-dealkylation sites (tertiary alicyclic amines) is 1. The average Bonchev–Trinajstić information content (AvgIpc) is 3.10. The topological polar surface area (TPSA) is 83.1 Å². The molecule has 2 aromatic carbocycles. The molecular formula is C22H26N4O4. The number of amides is 2. The van der Waals surface area contributed by atoms with Gasteiger partial charge < -0.3 is 19.7 Å². The van der Waals surface area contributed by atoms with Crippen LogP contribution in [0.5, 0.6) is 11.5 Å². The van der Waals surface area contributed by atoms with Crippen LogP contribution in [0.25, 0.3) is 0 Å². The van der Waals surface area contributed by atoms with Gasteiger partial charge in [-0.05, 0) is 31.3 Å². The van der Waals surface area contributed by atoms with Crippen LogP contribution in [0.1, 0.15) is 0 Å². The van der Waals surface area contributed by atoms with Crippen LogP contribution in [0.4, 0.5) is 11.4 Å². The number of fused-ring (bicyclic) bond motifs is 1. The quantitative estimate of drug-likeness (QED) is 0.781. The molecule has 2 saturated heterocycles. The van der Waals surface area contributed by atoms with Crippen molar-refractivity contribution >= 4 is 23.2 Å². The summed E-state index contributed by atoms with van der Waals surface area (Å²) in [4.78, 5) is 28.4. The normalized spacial score (nSPS) is 23.8. The van der Waals surface area contributed by atoms with E-state index in [0.717, 1.165) is 5.69 Å². The number of hydrogen-bond acceptors (Lipinski definition) is 6. The molecule has 0 aliphatic carbocycles.